The van der Waals surface area contributed by atoms with Crippen LogP contribution in [0, 0.1) is 34.2 Å². The minimum Gasteiger partial charge on any atom is -0.340 e. The van der Waals surface area contributed by atoms with E-state index in [1.807, 2.05) is 41.8 Å². The van der Waals surface area contributed by atoms with Gasteiger partial charge in [0.2, 0.25) is 0 Å². The number of nitriles is 1. The number of rotatable bonds is 6. The van der Waals surface area contributed by atoms with E-state index < -0.39 is 16.6 Å². The minimum absolute atomic E-state index is 0.00836. The highest BCUT2D eigenvalue weighted by molar-refractivity contribution is 6.11. The molecule has 0 unspecified atom stereocenters. The first-order chi connectivity index (χ1) is 16.4. The molecule has 1 N–H and O–H groups in total. The molecule has 0 radical (unpaired) electrons. The Kier molecular flexibility index (Phi) is 6.19. The number of anilines is 1. The van der Waals surface area contributed by atoms with E-state index in [0.29, 0.717) is 12.1 Å². The normalized spacial score (nSPS) is 11.3. The van der Waals surface area contributed by atoms with Crippen LogP contribution in [0.5, 0.6) is 0 Å². The number of carbonyl (C=O) groups excluding carboxylic acids is 1. The van der Waals surface area contributed by atoms with Crippen molar-refractivity contribution in [2.75, 3.05) is 5.32 Å². The Morgan fingerprint density at radius 2 is 1.79 bits per heavy atom. The number of nitrogens with one attached hydrogen (secondary N) is 1. The minimum atomic E-state index is -0.709. The molecule has 0 atom stereocenters. The number of amides is 1. The van der Waals surface area contributed by atoms with Crippen LogP contribution in [0.4, 0.5) is 15.8 Å². The van der Waals surface area contributed by atoms with E-state index in [-0.39, 0.29) is 16.9 Å². The van der Waals surface area contributed by atoms with Gasteiger partial charge in [0.1, 0.15) is 17.5 Å². The molecule has 0 aliphatic rings. The zero-order valence-corrected chi connectivity index (χ0v) is 18.2. The third-order valence-corrected chi connectivity index (χ3v) is 5.54. The van der Waals surface area contributed by atoms with Crippen molar-refractivity contribution in [1.29, 1.82) is 5.26 Å². The number of nitrogens with zero attached hydrogens (tertiary/aromatic N) is 3. The number of non-ortho nitro benzene ring substituents is 1. The SMILES string of the molecule is Cc1c(/C=C(\C#N)C(=O)Nc2ccccc2F)c2ccccc2n1Cc1ccc([N+](=O)[O-])cc1. The van der Waals surface area contributed by atoms with Crippen LogP contribution in [0.1, 0.15) is 16.8 Å². The predicted octanol–water partition coefficient (Wildman–Crippen LogP) is 5.59. The third-order valence-electron chi connectivity index (χ3n) is 5.54. The van der Waals surface area contributed by atoms with Gasteiger partial charge in [-0.3, -0.25) is 14.9 Å². The Morgan fingerprint density at radius 3 is 2.47 bits per heavy atom. The van der Waals surface area contributed by atoms with Gasteiger partial charge in [-0.2, -0.15) is 5.26 Å². The highest BCUT2D eigenvalue weighted by atomic mass is 19.1. The van der Waals surface area contributed by atoms with Crippen LogP contribution in [-0.4, -0.2) is 15.4 Å². The van der Waals surface area contributed by atoms with E-state index >= 15 is 0 Å². The number of para-hydroxylation sites is 2. The van der Waals surface area contributed by atoms with Crippen LogP contribution >= 0.6 is 0 Å². The molecule has 1 aromatic heterocycles. The molecule has 7 nitrogen and oxygen atoms in total. The molecule has 0 aliphatic carbocycles. The molecule has 1 heterocycles. The van der Waals surface area contributed by atoms with Gasteiger partial charge in [0.25, 0.3) is 11.6 Å². The number of hydrogen-bond donors (Lipinski definition) is 1. The number of nitro groups is 1. The standard InChI is InChI=1S/C26H19FN4O3/c1-17-22(14-19(15-28)26(32)29-24-8-4-3-7-23(24)27)21-6-2-5-9-25(21)30(17)16-18-10-12-20(13-11-18)31(33)34/h2-14H,16H2,1H3,(H,29,32)/b19-14+. The molecule has 8 heteroatoms. The van der Waals surface area contributed by atoms with E-state index in [1.165, 1.54) is 36.4 Å². The van der Waals surface area contributed by atoms with Gasteiger partial charge in [-0.25, -0.2) is 4.39 Å². The summed E-state index contributed by atoms with van der Waals surface area (Å²) in [6, 6.07) is 21.5. The highest BCUT2D eigenvalue weighted by Crippen LogP contribution is 2.29. The van der Waals surface area contributed by atoms with Crippen LogP contribution in [-0.2, 0) is 11.3 Å². The quantitative estimate of drug-likeness (QED) is 0.178. The van der Waals surface area contributed by atoms with Gasteiger partial charge in [-0.05, 0) is 36.8 Å². The summed E-state index contributed by atoms with van der Waals surface area (Å²) in [6.07, 6.45) is 1.50. The fourth-order valence-corrected chi connectivity index (χ4v) is 3.79. The topological polar surface area (TPSA) is 101 Å². The van der Waals surface area contributed by atoms with E-state index in [9.17, 15) is 24.6 Å². The van der Waals surface area contributed by atoms with Gasteiger partial charge in [0.15, 0.2) is 0 Å². The summed E-state index contributed by atoms with van der Waals surface area (Å²) in [6.45, 7) is 2.32. The second kappa shape index (κ2) is 9.38. The molecule has 0 saturated heterocycles. The van der Waals surface area contributed by atoms with E-state index in [4.69, 9.17) is 0 Å². The first-order valence-electron chi connectivity index (χ1n) is 10.4. The van der Waals surface area contributed by atoms with Crippen LogP contribution in [0.3, 0.4) is 0 Å². The number of benzene rings is 3. The smallest absolute Gasteiger partial charge is 0.269 e. The lowest BCUT2D eigenvalue weighted by Gasteiger charge is -2.09. The lowest BCUT2D eigenvalue weighted by Crippen LogP contribution is -2.14. The average Bonchev–Trinajstić information content (AvgIpc) is 3.10. The molecule has 1 amide bonds. The predicted molar refractivity (Wildman–Crippen MR) is 127 cm³/mol. The third kappa shape index (κ3) is 4.40. The molecule has 0 spiro atoms. The van der Waals surface area contributed by atoms with Crippen LogP contribution in [0.25, 0.3) is 17.0 Å². The maximum atomic E-state index is 13.9. The number of nitro benzene ring substituents is 1. The van der Waals surface area contributed by atoms with Gasteiger partial charge in [0, 0.05) is 40.8 Å². The fourth-order valence-electron chi connectivity index (χ4n) is 3.79. The molecule has 0 saturated carbocycles. The molecule has 0 aliphatic heterocycles. The van der Waals surface area contributed by atoms with Crippen molar-refractivity contribution in [2.24, 2.45) is 0 Å². The van der Waals surface area contributed by atoms with Crippen molar-refractivity contribution in [3.8, 4) is 6.07 Å². The Balaban J connectivity index is 1.72. The van der Waals surface area contributed by atoms with Crippen LogP contribution < -0.4 is 5.32 Å². The lowest BCUT2D eigenvalue weighted by molar-refractivity contribution is -0.384. The Bertz CT molecular complexity index is 1480. The number of halogens is 1. The van der Waals surface area contributed by atoms with E-state index in [1.54, 1.807) is 18.2 Å². The zero-order valence-electron chi connectivity index (χ0n) is 18.2. The van der Waals surface area contributed by atoms with Gasteiger partial charge in [0.05, 0.1) is 10.6 Å². The molecule has 4 rings (SSSR count). The van der Waals surface area contributed by atoms with Crippen molar-refractivity contribution >= 4 is 34.3 Å². The summed E-state index contributed by atoms with van der Waals surface area (Å²) in [5, 5.41) is 23.9. The van der Waals surface area contributed by atoms with Gasteiger partial charge < -0.3 is 9.88 Å². The van der Waals surface area contributed by atoms with Crippen LogP contribution in [0.2, 0.25) is 0 Å². The molecular formula is C26H19FN4O3. The van der Waals surface area contributed by atoms with E-state index in [2.05, 4.69) is 5.32 Å². The Morgan fingerprint density at radius 1 is 1.12 bits per heavy atom. The Labute approximate surface area is 194 Å². The molecule has 34 heavy (non-hydrogen) atoms. The monoisotopic (exact) mass is 454 g/mol. The maximum absolute atomic E-state index is 13.9. The summed E-state index contributed by atoms with van der Waals surface area (Å²) >= 11 is 0. The van der Waals surface area contributed by atoms with Crippen molar-refractivity contribution < 1.29 is 14.1 Å². The summed E-state index contributed by atoms with van der Waals surface area (Å²) in [7, 11) is 0. The van der Waals surface area contributed by atoms with Crippen LogP contribution in [0.15, 0.2) is 78.4 Å². The van der Waals surface area contributed by atoms with Gasteiger partial charge in [-0.1, -0.05) is 42.5 Å². The summed E-state index contributed by atoms with van der Waals surface area (Å²) in [4.78, 5) is 23.2. The largest absolute Gasteiger partial charge is 0.340 e. The molecule has 168 valence electrons. The van der Waals surface area contributed by atoms with Crippen molar-refractivity contribution in [3.63, 3.8) is 0 Å². The van der Waals surface area contributed by atoms with Crippen molar-refractivity contribution in [1.82, 2.24) is 4.57 Å². The number of fused-ring (bicyclic) bond motifs is 1. The highest BCUT2D eigenvalue weighted by Gasteiger charge is 2.17. The first-order valence-corrected chi connectivity index (χ1v) is 10.4. The van der Waals surface area contributed by atoms with Crippen molar-refractivity contribution in [3.05, 3.63) is 111 Å². The zero-order chi connectivity index (χ0) is 24.2. The number of carbonyl (C=O) groups is 1. The molecule has 3 aromatic carbocycles. The summed E-state index contributed by atoms with van der Waals surface area (Å²) < 4.78 is 16.0. The number of hydrogen-bond acceptors (Lipinski definition) is 4. The second-order valence-corrected chi connectivity index (χ2v) is 7.63. The maximum Gasteiger partial charge on any atom is 0.269 e. The second-order valence-electron chi connectivity index (χ2n) is 7.63. The Hall–Kier alpha value is -4.77. The van der Waals surface area contributed by atoms with Gasteiger partial charge in [-0.15, -0.1) is 0 Å². The average molecular weight is 454 g/mol. The summed E-state index contributed by atoms with van der Waals surface area (Å²) in [5.74, 6) is -1.30. The molecule has 0 fully saturated rings. The fraction of sp³-hybridized carbons (Fsp3) is 0.0769. The molecule has 0 bridgehead atoms. The first kappa shape index (κ1) is 22.4. The molecular weight excluding hydrogens is 435 g/mol. The molecule has 4 aromatic rings. The number of aromatic nitrogens is 1. The summed E-state index contributed by atoms with van der Waals surface area (Å²) in [5.41, 5.74) is 3.10. The van der Waals surface area contributed by atoms with E-state index in [0.717, 1.165) is 22.2 Å². The van der Waals surface area contributed by atoms with Crippen molar-refractivity contribution in [2.45, 2.75) is 13.5 Å². The lowest BCUT2D eigenvalue weighted by atomic mass is 10.1. The van der Waals surface area contributed by atoms with Gasteiger partial charge >= 0.3 is 0 Å².